The summed E-state index contributed by atoms with van der Waals surface area (Å²) in [5, 5.41) is 13.5. The number of non-ortho nitro benzene ring substituents is 1. The first-order chi connectivity index (χ1) is 10.5. The van der Waals surface area contributed by atoms with Crippen LogP contribution in [-0.4, -0.2) is 16.6 Å². The Morgan fingerprint density at radius 1 is 1.36 bits per heavy atom. The van der Waals surface area contributed by atoms with Crippen molar-refractivity contribution in [2.24, 2.45) is 0 Å². The van der Waals surface area contributed by atoms with Crippen LogP contribution in [0.1, 0.15) is 5.76 Å². The maximum Gasteiger partial charge on any atom is 0.271 e. The summed E-state index contributed by atoms with van der Waals surface area (Å²) in [5.41, 5.74) is 0.401. The number of amides is 1. The molecule has 0 atom stereocenters. The Morgan fingerprint density at radius 3 is 2.59 bits per heavy atom. The fourth-order valence-corrected chi connectivity index (χ4v) is 3.68. The Labute approximate surface area is 147 Å². The highest BCUT2D eigenvalue weighted by molar-refractivity contribution is 9.11. The van der Waals surface area contributed by atoms with Crippen LogP contribution < -0.4 is 5.32 Å². The number of carbonyl (C=O) groups is 1. The molecule has 1 heterocycles. The van der Waals surface area contributed by atoms with E-state index >= 15 is 0 Å². The summed E-state index contributed by atoms with van der Waals surface area (Å²) in [5.74, 6) is 1.45. The summed E-state index contributed by atoms with van der Waals surface area (Å²) in [7, 11) is 0. The lowest BCUT2D eigenvalue weighted by molar-refractivity contribution is -0.385. The Balaban J connectivity index is 1.95. The van der Waals surface area contributed by atoms with E-state index in [1.807, 2.05) is 6.07 Å². The van der Waals surface area contributed by atoms with Gasteiger partial charge in [0.05, 0.1) is 28.4 Å². The molecule has 0 saturated carbocycles. The zero-order valence-corrected chi connectivity index (χ0v) is 15.0. The third-order valence-corrected chi connectivity index (χ3v) is 4.77. The predicted octanol–water partition coefficient (Wildman–Crippen LogP) is 4.58. The fourth-order valence-electron chi connectivity index (χ4n) is 1.60. The molecule has 6 nitrogen and oxygen atoms in total. The molecule has 0 unspecified atom stereocenters. The van der Waals surface area contributed by atoms with Gasteiger partial charge in [0.2, 0.25) is 5.91 Å². The third-order valence-electron chi connectivity index (χ3n) is 2.56. The lowest BCUT2D eigenvalue weighted by atomic mass is 10.3. The number of nitro benzene ring substituents is 1. The third kappa shape index (κ3) is 4.59. The van der Waals surface area contributed by atoms with Gasteiger partial charge in [-0.05, 0) is 44.0 Å². The Morgan fingerprint density at radius 2 is 2.05 bits per heavy atom. The van der Waals surface area contributed by atoms with Crippen molar-refractivity contribution < 1.29 is 14.1 Å². The number of carbonyl (C=O) groups excluding carboxylic acids is 1. The number of halogens is 2. The number of nitro groups is 1. The van der Waals surface area contributed by atoms with E-state index in [9.17, 15) is 14.9 Å². The van der Waals surface area contributed by atoms with E-state index in [1.54, 1.807) is 12.3 Å². The van der Waals surface area contributed by atoms with Crippen molar-refractivity contribution >= 4 is 60.9 Å². The summed E-state index contributed by atoms with van der Waals surface area (Å²) >= 11 is 7.86. The number of nitrogens with one attached hydrogen (secondary N) is 1. The number of nitrogens with zero attached hydrogens (tertiary/aromatic N) is 1. The smallest absolute Gasteiger partial charge is 0.271 e. The molecule has 0 bridgehead atoms. The summed E-state index contributed by atoms with van der Waals surface area (Å²) < 4.78 is 6.06. The lowest BCUT2D eigenvalue weighted by Crippen LogP contribution is -2.15. The number of rotatable bonds is 6. The summed E-state index contributed by atoms with van der Waals surface area (Å²) in [6.45, 7) is 0. The van der Waals surface area contributed by atoms with Gasteiger partial charge in [-0.2, -0.15) is 0 Å². The van der Waals surface area contributed by atoms with Crippen LogP contribution in [0.25, 0.3) is 0 Å². The van der Waals surface area contributed by atoms with Gasteiger partial charge in [-0.1, -0.05) is 0 Å². The molecule has 2 aromatic rings. The quantitative estimate of drug-likeness (QED) is 0.515. The van der Waals surface area contributed by atoms with Crippen LogP contribution >= 0.6 is 43.6 Å². The van der Waals surface area contributed by atoms with Gasteiger partial charge >= 0.3 is 0 Å². The maximum atomic E-state index is 11.9. The highest BCUT2D eigenvalue weighted by atomic mass is 79.9. The summed E-state index contributed by atoms with van der Waals surface area (Å²) in [6.07, 6.45) is 1.58. The Bertz CT molecular complexity index is 668. The number of hydrogen-bond donors (Lipinski definition) is 1. The summed E-state index contributed by atoms with van der Waals surface area (Å²) in [6, 6.07) is 6.32. The second kappa shape index (κ2) is 7.80. The maximum absolute atomic E-state index is 11.9. The van der Waals surface area contributed by atoms with E-state index in [-0.39, 0.29) is 17.3 Å². The van der Waals surface area contributed by atoms with E-state index in [1.165, 1.54) is 23.9 Å². The molecule has 0 fully saturated rings. The van der Waals surface area contributed by atoms with E-state index in [0.29, 0.717) is 20.4 Å². The van der Waals surface area contributed by atoms with Crippen molar-refractivity contribution in [2.75, 3.05) is 11.1 Å². The molecule has 0 spiro atoms. The van der Waals surface area contributed by atoms with Gasteiger partial charge in [0.1, 0.15) is 5.76 Å². The van der Waals surface area contributed by atoms with Gasteiger partial charge in [0, 0.05) is 21.1 Å². The Hall–Kier alpha value is -1.32. The van der Waals surface area contributed by atoms with Crippen LogP contribution in [0.2, 0.25) is 0 Å². The van der Waals surface area contributed by atoms with Gasteiger partial charge in [0.25, 0.3) is 5.69 Å². The van der Waals surface area contributed by atoms with Crippen molar-refractivity contribution in [3.63, 3.8) is 0 Å². The van der Waals surface area contributed by atoms with Crippen LogP contribution in [0.15, 0.2) is 43.9 Å². The lowest BCUT2D eigenvalue weighted by Gasteiger charge is -2.09. The van der Waals surface area contributed by atoms with E-state index in [2.05, 4.69) is 37.2 Å². The molecular weight excluding hydrogens is 440 g/mol. The van der Waals surface area contributed by atoms with Gasteiger partial charge in [0.15, 0.2) is 0 Å². The van der Waals surface area contributed by atoms with Gasteiger partial charge in [-0.25, -0.2) is 0 Å². The number of furan rings is 1. The molecule has 0 aliphatic carbocycles. The first-order valence-corrected chi connectivity index (χ1v) is 8.75. The molecule has 0 aliphatic rings. The van der Waals surface area contributed by atoms with Crippen molar-refractivity contribution in [3.05, 3.63) is 55.3 Å². The molecule has 0 aliphatic heterocycles. The van der Waals surface area contributed by atoms with Gasteiger partial charge in [-0.15, -0.1) is 11.8 Å². The van der Waals surface area contributed by atoms with Gasteiger partial charge < -0.3 is 9.73 Å². The molecule has 2 rings (SSSR count). The minimum absolute atomic E-state index is 0.0658. The van der Waals surface area contributed by atoms with Crippen molar-refractivity contribution in [1.29, 1.82) is 0 Å². The van der Waals surface area contributed by atoms with Crippen molar-refractivity contribution in [1.82, 2.24) is 0 Å². The monoisotopic (exact) mass is 448 g/mol. The van der Waals surface area contributed by atoms with Crippen molar-refractivity contribution in [2.45, 2.75) is 5.75 Å². The molecule has 22 heavy (non-hydrogen) atoms. The van der Waals surface area contributed by atoms with Crippen LogP contribution in [-0.2, 0) is 10.5 Å². The number of anilines is 1. The largest absolute Gasteiger partial charge is 0.468 e. The average Bonchev–Trinajstić information content (AvgIpc) is 2.95. The van der Waals surface area contributed by atoms with Gasteiger partial charge in [-0.3, -0.25) is 14.9 Å². The molecule has 0 saturated heterocycles. The number of benzene rings is 1. The highest BCUT2D eigenvalue weighted by Crippen LogP contribution is 2.35. The molecule has 1 aromatic carbocycles. The minimum Gasteiger partial charge on any atom is -0.468 e. The number of hydrogen-bond acceptors (Lipinski definition) is 5. The summed E-state index contributed by atoms with van der Waals surface area (Å²) in [4.78, 5) is 22.2. The predicted molar refractivity (Wildman–Crippen MR) is 92.0 cm³/mol. The van der Waals surface area contributed by atoms with E-state index in [4.69, 9.17) is 4.42 Å². The topological polar surface area (TPSA) is 85.4 Å². The standard InChI is InChI=1S/C13H10Br2N2O4S/c14-10-4-8(17(19)20)5-11(15)13(10)16-12(18)7-22-6-9-2-1-3-21-9/h1-5H,6-7H2,(H,16,18). The molecule has 116 valence electrons. The van der Waals surface area contributed by atoms with E-state index in [0.717, 1.165) is 5.76 Å². The minimum atomic E-state index is -0.500. The zero-order chi connectivity index (χ0) is 16.1. The zero-order valence-electron chi connectivity index (χ0n) is 11.0. The number of thioether (sulfide) groups is 1. The van der Waals surface area contributed by atoms with Crippen LogP contribution in [0, 0.1) is 10.1 Å². The van der Waals surface area contributed by atoms with Crippen molar-refractivity contribution in [3.8, 4) is 0 Å². The fraction of sp³-hybridized carbons (Fsp3) is 0.154. The molecule has 0 radical (unpaired) electrons. The molecule has 1 aromatic heterocycles. The van der Waals surface area contributed by atoms with Crippen LogP contribution in [0.3, 0.4) is 0 Å². The second-order valence-corrected chi connectivity index (χ2v) is 6.86. The molecule has 1 amide bonds. The molecule has 1 N–H and O–H groups in total. The van der Waals surface area contributed by atoms with Crippen LogP contribution in [0.5, 0.6) is 0 Å². The normalized spacial score (nSPS) is 10.5. The molecule has 9 heteroatoms. The first-order valence-electron chi connectivity index (χ1n) is 6.01. The Kier molecular flexibility index (Phi) is 6.04. The van der Waals surface area contributed by atoms with E-state index < -0.39 is 4.92 Å². The highest BCUT2D eigenvalue weighted by Gasteiger charge is 2.15. The first kappa shape index (κ1) is 17.0. The molecular formula is C13H10Br2N2O4S. The second-order valence-electron chi connectivity index (χ2n) is 4.16. The van der Waals surface area contributed by atoms with Crippen LogP contribution in [0.4, 0.5) is 11.4 Å². The SMILES string of the molecule is O=C(CSCc1ccco1)Nc1c(Br)cc([N+](=O)[O-])cc1Br. The average molecular weight is 450 g/mol.